The molecule has 3 aromatic carbocycles. The summed E-state index contributed by atoms with van der Waals surface area (Å²) in [6.45, 7) is 1.57. The Hall–Kier alpha value is -4.07. The first-order valence-corrected chi connectivity index (χ1v) is 10.4. The van der Waals surface area contributed by atoms with E-state index in [2.05, 4.69) is 0 Å². The molecule has 1 aliphatic rings. The highest BCUT2D eigenvalue weighted by molar-refractivity contribution is 6.46. The van der Waals surface area contributed by atoms with Crippen LogP contribution < -0.4 is 0 Å². The van der Waals surface area contributed by atoms with Crippen molar-refractivity contribution < 1.29 is 33.0 Å². The molecule has 1 saturated heterocycles. The molecule has 174 valence electrons. The highest BCUT2D eigenvalue weighted by atomic mass is 19.4. The molecule has 0 bridgehead atoms. The van der Waals surface area contributed by atoms with Crippen molar-refractivity contribution in [3.8, 4) is 5.75 Å². The number of phenolic OH excluding ortho intramolecular Hbond substituents is 1. The number of ketones is 1. The summed E-state index contributed by atoms with van der Waals surface area (Å²) in [5, 5.41) is 20.7. The van der Waals surface area contributed by atoms with Crippen LogP contribution in [0.1, 0.15) is 33.9 Å². The van der Waals surface area contributed by atoms with E-state index < -0.39 is 29.5 Å². The monoisotopic (exact) mass is 467 g/mol. The number of hydrogen-bond donors (Lipinski definition) is 2. The lowest BCUT2D eigenvalue weighted by Crippen LogP contribution is -2.29. The normalized spacial score (nSPS) is 17.9. The maximum atomic E-state index is 13.2. The molecule has 1 unspecified atom stereocenters. The largest absolute Gasteiger partial charge is 0.508 e. The molecule has 5 nitrogen and oxygen atoms in total. The predicted molar refractivity (Wildman–Crippen MR) is 119 cm³/mol. The highest BCUT2D eigenvalue weighted by Crippen LogP contribution is 2.41. The Morgan fingerprint density at radius 2 is 1.62 bits per heavy atom. The third kappa shape index (κ3) is 4.39. The van der Waals surface area contributed by atoms with Crippen LogP contribution in [0.2, 0.25) is 0 Å². The first kappa shape index (κ1) is 23.1. The number of hydrogen-bond acceptors (Lipinski definition) is 4. The molecule has 0 spiro atoms. The number of amides is 1. The van der Waals surface area contributed by atoms with E-state index in [4.69, 9.17) is 0 Å². The molecule has 0 saturated carbocycles. The van der Waals surface area contributed by atoms with E-state index in [1.54, 1.807) is 24.3 Å². The summed E-state index contributed by atoms with van der Waals surface area (Å²) < 4.78 is 39.6. The van der Waals surface area contributed by atoms with E-state index in [0.29, 0.717) is 11.1 Å². The minimum absolute atomic E-state index is 0.0443. The van der Waals surface area contributed by atoms with Crippen molar-refractivity contribution in [3.05, 3.63) is 106 Å². The van der Waals surface area contributed by atoms with Crippen molar-refractivity contribution in [2.45, 2.75) is 25.7 Å². The summed E-state index contributed by atoms with van der Waals surface area (Å²) in [7, 11) is 0. The van der Waals surface area contributed by atoms with Crippen molar-refractivity contribution in [1.82, 2.24) is 4.90 Å². The van der Waals surface area contributed by atoms with Crippen molar-refractivity contribution in [2.75, 3.05) is 0 Å². The van der Waals surface area contributed by atoms with Crippen LogP contribution in [-0.4, -0.2) is 26.8 Å². The molecule has 4 rings (SSSR count). The number of rotatable bonds is 4. The molecule has 8 heteroatoms. The third-order valence-corrected chi connectivity index (χ3v) is 5.68. The lowest BCUT2D eigenvalue weighted by Gasteiger charge is -2.26. The Labute approximate surface area is 193 Å². The summed E-state index contributed by atoms with van der Waals surface area (Å²) in [4.78, 5) is 27.2. The second-order valence-corrected chi connectivity index (χ2v) is 8.08. The van der Waals surface area contributed by atoms with Gasteiger partial charge < -0.3 is 15.1 Å². The third-order valence-electron chi connectivity index (χ3n) is 5.68. The molecular formula is C26H20F3NO4. The summed E-state index contributed by atoms with van der Waals surface area (Å²) in [6, 6.07) is 15.9. The lowest BCUT2D eigenvalue weighted by molar-refractivity contribution is -0.140. The molecule has 0 aromatic heterocycles. The van der Waals surface area contributed by atoms with Crippen molar-refractivity contribution >= 4 is 17.4 Å². The molecule has 1 atom stereocenters. The van der Waals surface area contributed by atoms with Gasteiger partial charge >= 0.3 is 6.18 Å². The van der Waals surface area contributed by atoms with Crippen LogP contribution in [-0.2, 0) is 22.3 Å². The molecule has 3 aromatic rings. The van der Waals surface area contributed by atoms with E-state index in [0.717, 1.165) is 22.6 Å². The van der Waals surface area contributed by atoms with E-state index in [9.17, 15) is 33.0 Å². The molecule has 1 heterocycles. The van der Waals surface area contributed by atoms with Gasteiger partial charge in [-0.25, -0.2) is 0 Å². The van der Waals surface area contributed by atoms with Gasteiger partial charge in [-0.05, 0) is 42.3 Å². The molecule has 2 N–H and O–H groups in total. The summed E-state index contributed by atoms with van der Waals surface area (Å²) >= 11 is 0. The van der Waals surface area contributed by atoms with Crippen LogP contribution in [0.4, 0.5) is 13.2 Å². The summed E-state index contributed by atoms with van der Waals surface area (Å²) in [5.74, 6) is -2.31. The average molecular weight is 467 g/mol. The number of benzene rings is 3. The SMILES string of the molecule is Cc1ccc(/C(O)=C2\C(=O)C(=O)N(Cc3cccc(C(F)(F)F)c3)C2c2ccc(O)cc2)cc1. The first-order valence-electron chi connectivity index (χ1n) is 10.4. The standard InChI is InChI=1S/C26H20F3NO4/c1-15-5-7-18(8-6-15)23(32)21-22(17-9-11-20(31)12-10-17)30(25(34)24(21)33)14-16-3-2-4-19(13-16)26(27,28)29/h2-13,22,31-32H,14H2,1H3/b23-21+. The average Bonchev–Trinajstić information content (AvgIpc) is 3.04. The second-order valence-electron chi connectivity index (χ2n) is 8.08. The van der Waals surface area contributed by atoms with Gasteiger partial charge in [-0.3, -0.25) is 9.59 Å². The van der Waals surface area contributed by atoms with Crippen LogP contribution in [0.15, 0.2) is 78.4 Å². The number of Topliss-reactive ketones (excluding diaryl/α,β-unsaturated/α-hetero) is 1. The summed E-state index contributed by atoms with van der Waals surface area (Å²) in [6.07, 6.45) is -4.56. The van der Waals surface area contributed by atoms with Gasteiger partial charge in [0.1, 0.15) is 11.5 Å². The number of carbonyl (C=O) groups excluding carboxylic acids is 2. The Kier molecular flexibility index (Phi) is 5.91. The molecule has 1 fully saturated rings. The van der Waals surface area contributed by atoms with E-state index in [1.165, 1.54) is 36.4 Å². The predicted octanol–water partition coefficient (Wildman–Crippen LogP) is 5.34. The van der Waals surface area contributed by atoms with E-state index >= 15 is 0 Å². The Morgan fingerprint density at radius 1 is 0.971 bits per heavy atom. The number of phenols is 1. The highest BCUT2D eigenvalue weighted by Gasteiger charge is 2.46. The lowest BCUT2D eigenvalue weighted by atomic mass is 9.95. The zero-order valence-electron chi connectivity index (χ0n) is 18.0. The number of aromatic hydroxyl groups is 1. The number of likely N-dealkylation sites (tertiary alicyclic amines) is 1. The van der Waals surface area contributed by atoms with Gasteiger partial charge in [0.15, 0.2) is 0 Å². The first-order chi connectivity index (χ1) is 16.1. The molecule has 34 heavy (non-hydrogen) atoms. The number of aryl methyl sites for hydroxylation is 1. The zero-order chi connectivity index (χ0) is 24.6. The van der Waals surface area contributed by atoms with Crippen LogP contribution in [0.5, 0.6) is 5.75 Å². The number of carbonyl (C=O) groups is 2. The number of aliphatic hydroxyl groups excluding tert-OH is 1. The zero-order valence-corrected chi connectivity index (χ0v) is 18.0. The topological polar surface area (TPSA) is 77.8 Å². The van der Waals surface area contributed by atoms with Crippen LogP contribution in [0.3, 0.4) is 0 Å². The fourth-order valence-electron chi connectivity index (χ4n) is 3.96. The van der Waals surface area contributed by atoms with Gasteiger partial charge in [-0.1, -0.05) is 54.1 Å². The van der Waals surface area contributed by atoms with E-state index in [-0.39, 0.29) is 29.2 Å². The maximum absolute atomic E-state index is 13.2. The second kappa shape index (κ2) is 8.70. The van der Waals surface area contributed by atoms with Gasteiger partial charge in [-0.2, -0.15) is 13.2 Å². The minimum atomic E-state index is -4.56. The number of halogens is 3. The molecule has 1 amide bonds. The number of alkyl halides is 3. The Morgan fingerprint density at radius 3 is 2.24 bits per heavy atom. The van der Waals surface area contributed by atoms with Gasteiger partial charge in [0, 0.05) is 12.1 Å². The quantitative estimate of drug-likeness (QED) is 0.308. The Bertz CT molecular complexity index is 1280. The molecule has 1 aliphatic heterocycles. The molecule has 0 aliphatic carbocycles. The molecule has 0 radical (unpaired) electrons. The smallest absolute Gasteiger partial charge is 0.416 e. The number of aliphatic hydroxyl groups is 1. The van der Waals surface area contributed by atoms with Crippen molar-refractivity contribution in [3.63, 3.8) is 0 Å². The van der Waals surface area contributed by atoms with Crippen LogP contribution in [0, 0.1) is 6.92 Å². The van der Waals surface area contributed by atoms with Crippen LogP contribution >= 0.6 is 0 Å². The summed E-state index contributed by atoms with van der Waals surface area (Å²) in [5.41, 5.74) is 0.797. The van der Waals surface area contributed by atoms with Gasteiger partial charge in [0.2, 0.25) is 0 Å². The maximum Gasteiger partial charge on any atom is 0.416 e. The van der Waals surface area contributed by atoms with Gasteiger partial charge in [0.25, 0.3) is 11.7 Å². The van der Waals surface area contributed by atoms with Crippen molar-refractivity contribution in [1.29, 1.82) is 0 Å². The fraction of sp³-hybridized carbons (Fsp3) is 0.154. The van der Waals surface area contributed by atoms with Crippen LogP contribution in [0.25, 0.3) is 5.76 Å². The van der Waals surface area contributed by atoms with Gasteiger partial charge in [-0.15, -0.1) is 0 Å². The Balaban J connectivity index is 1.83. The van der Waals surface area contributed by atoms with E-state index in [1.807, 2.05) is 6.92 Å². The minimum Gasteiger partial charge on any atom is -0.508 e. The molecular weight excluding hydrogens is 447 g/mol. The number of nitrogens with zero attached hydrogens (tertiary/aromatic N) is 1. The fourth-order valence-corrected chi connectivity index (χ4v) is 3.96. The van der Waals surface area contributed by atoms with Crippen molar-refractivity contribution in [2.24, 2.45) is 0 Å². The van der Waals surface area contributed by atoms with Gasteiger partial charge in [0.05, 0.1) is 17.2 Å².